The first kappa shape index (κ1) is 19.6. The summed E-state index contributed by atoms with van der Waals surface area (Å²) < 4.78 is 16.4. The van der Waals surface area contributed by atoms with Gasteiger partial charge in [-0.15, -0.1) is 0 Å². The zero-order chi connectivity index (χ0) is 20.1. The van der Waals surface area contributed by atoms with Gasteiger partial charge < -0.3 is 10.4 Å². The molecule has 0 bridgehead atoms. The molecule has 1 heterocycles. The van der Waals surface area contributed by atoms with Gasteiger partial charge in [-0.1, -0.05) is 40.2 Å². The van der Waals surface area contributed by atoms with Crippen LogP contribution in [0.3, 0.4) is 0 Å². The van der Waals surface area contributed by atoms with Crippen LogP contribution in [0.5, 0.6) is 0 Å². The van der Waals surface area contributed by atoms with Crippen LogP contribution in [0.25, 0.3) is 16.8 Å². The van der Waals surface area contributed by atoms with E-state index in [-0.39, 0.29) is 25.0 Å². The predicted octanol–water partition coefficient (Wildman–Crippen LogP) is 3.58. The van der Waals surface area contributed by atoms with Gasteiger partial charge in [-0.25, -0.2) is 23.2 Å². The number of carboxylic acid groups (broad SMARTS) is 1. The van der Waals surface area contributed by atoms with Crippen molar-refractivity contribution in [2.45, 2.75) is 6.54 Å². The lowest BCUT2D eigenvalue weighted by Gasteiger charge is -2.06. The minimum absolute atomic E-state index is 0.0818. The number of rotatable bonds is 6. The summed E-state index contributed by atoms with van der Waals surface area (Å²) in [4.78, 5) is 23.2. The highest BCUT2D eigenvalue weighted by Crippen LogP contribution is 2.23. The van der Waals surface area contributed by atoms with Crippen LogP contribution in [0, 0.1) is 0 Å². The number of nitrogens with zero attached hydrogens (tertiary/aromatic N) is 3. The first-order valence-corrected chi connectivity index (χ1v) is 9.03. The van der Waals surface area contributed by atoms with Crippen LogP contribution in [0.4, 0.5) is 9.18 Å². The molecule has 1 aromatic heterocycles. The quantitative estimate of drug-likeness (QED) is 0.605. The van der Waals surface area contributed by atoms with Crippen LogP contribution < -0.4 is 11.0 Å². The van der Waals surface area contributed by atoms with Gasteiger partial charge in [0.1, 0.15) is 6.33 Å². The molecule has 0 aliphatic rings. The van der Waals surface area contributed by atoms with Gasteiger partial charge in [0.25, 0.3) is 0 Å². The highest BCUT2D eigenvalue weighted by molar-refractivity contribution is 9.10. The summed E-state index contributed by atoms with van der Waals surface area (Å²) >= 11 is 3.40. The van der Waals surface area contributed by atoms with Gasteiger partial charge >= 0.3 is 11.8 Å². The smallest absolute Gasteiger partial charge is 0.404 e. The maximum Gasteiger partial charge on any atom is 0.404 e. The van der Waals surface area contributed by atoms with Gasteiger partial charge in [-0.3, -0.25) is 0 Å². The van der Waals surface area contributed by atoms with Crippen LogP contribution in [-0.2, 0) is 6.54 Å². The molecule has 0 saturated carbocycles. The third-order valence-electron chi connectivity index (χ3n) is 4.01. The van der Waals surface area contributed by atoms with E-state index in [0.29, 0.717) is 5.69 Å². The lowest BCUT2D eigenvalue weighted by atomic mass is 10.1. The number of carbonyl (C=O) groups is 1. The number of benzene rings is 2. The van der Waals surface area contributed by atoms with E-state index in [1.54, 1.807) is 6.07 Å². The third-order valence-corrected chi connectivity index (χ3v) is 4.54. The van der Waals surface area contributed by atoms with Gasteiger partial charge in [0, 0.05) is 11.0 Å². The third kappa shape index (κ3) is 4.55. The van der Waals surface area contributed by atoms with Crippen molar-refractivity contribution >= 4 is 22.0 Å². The second-order valence-electron chi connectivity index (χ2n) is 5.92. The van der Waals surface area contributed by atoms with E-state index in [0.717, 1.165) is 20.3 Å². The number of halogens is 2. The number of nitrogens with one attached hydrogen (secondary N) is 1. The second kappa shape index (κ2) is 8.66. The molecule has 2 N–H and O–H groups in total. The Labute approximate surface area is 167 Å². The average Bonchev–Trinajstić information content (AvgIpc) is 3.06. The summed E-state index contributed by atoms with van der Waals surface area (Å²) in [6.45, 7) is -0.390. The van der Waals surface area contributed by atoms with Crippen LogP contribution in [0.1, 0.15) is 0 Å². The molecule has 1 amide bonds. The fourth-order valence-corrected chi connectivity index (χ4v) is 2.88. The number of hydrogen-bond acceptors (Lipinski definition) is 3. The summed E-state index contributed by atoms with van der Waals surface area (Å²) in [7, 11) is 0. The fraction of sp³-hybridized carbons (Fsp3) is 0.105. The summed E-state index contributed by atoms with van der Waals surface area (Å²) in [6.07, 6.45) is 0.348. The first-order valence-electron chi connectivity index (χ1n) is 8.23. The van der Waals surface area contributed by atoms with Crippen molar-refractivity contribution in [1.82, 2.24) is 19.7 Å². The molecule has 3 rings (SSSR count). The molecule has 0 spiro atoms. The Kier molecular flexibility index (Phi) is 6.05. The van der Waals surface area contributed by atoms with Gasteiger partial charge in [-0.05, 0) is 41.0 Å². The maximum absolute atomic E-state index is 13.0. The van der Waals surface area contributed by atoms with Crippen LogP contribution in [0.2, 0.25) is 0 Å². The molecule has 0 fully saturated rings. The molecule has 7 nitrogen and oxygen atoms in total. The second-order valence-corrected chi connectivity index (χ2v) is 6.84. The maximum atomic E-state index is 13.0. The molecule has 9 heteroatoms. The molecule has 28 heavy (non-hydrogen) atoms. The molecular formula is C19H16BrFN4O3. The highest BCUT2D eigenvalue weighted by Gasteiger charge is 2.11. The van der Waals surface area contributed by atoms with E-state index in [9.17, 15) is 14.0 Å². The largest absolute Gasteiger partial charge is 0.465 e. The summed E-state index contributed by atoms with van der Waals surface area (Å²) in [5.41, 5.74) is 2.17. The van der Waals surface area contributed by atoms with Crippen LogP contribution >= 0.6 is 15.9 Å². The lowest BCUT2D eigenvalue weighted by molar-refractivity contribution is 0.195. The highest BCUT2D eigenvalue weighted by atomic mass is 79.9. The van der Waals surface area contributed by atoms with Gasteiger partial charge in [0.2, 0.25) is 0 Å². The first-order chi connectivity index (χ1) is 13.5. The number of aromatic nitrogens is 3. The normalized spacial score (nSPS) is 11.4. The molecule has 2 aromatic carbocycles. The summed E-state index contributed by atoms with van der Waals surface area (Å²) in [6, 6.07) is 15.2. The summed E-state index contributed by atoms with van der Waals surface area (Å²) in [5, 5.41) is 14.7. The van der Waals surface area contributed by atoms with Crippen molar-refractivity contribution in [2.75, 3.05) is 6.54 Å². The van der Waals surface area contributed by atoms with Crippen molar-refractivity contribution in [2.24, 2.45) is 0 Å². The minimum Gasteiger partial charge on any atom is -0.465 e. The van der Waals surface area contributed by atoms with Crippen LogP contribution in [0.15, 0.2) is 76.0 Å². The molecular weight excluding hydrogens is 431 g/mol. The molecule has 0 saturated heterocycles. The van der Waals surface area contributed by atoms with Gasteiger partial charge in [0.05, 0.1) is 18.6 Å². The van der Waals surface area contributed by atoms with Crippen molar-refractivity contribution in [1.29, 1.82) is 0 Å². The van der Waals surface area contributed by atoms with E-state index in [2.05, 4.69) is 26.3 Å². The number of hydrogen-bond donors (Lipinski definition) is 2. The topological polar surface area (TPSA) is 89.2 Å². The van der Waals surface area contributed by atoms with E-state index in [1.165, 1.54) is 10.9 Å². The monoisotopic (exact) mass is 446 g/mol. The van der Waals surface area contributed by atoms with E-state index in [4.69, 9.17) is 5.11 Å². The van der Waals surface area contributed by atoms with Gasteiger partial charge in [-0.2, -0.15) is 5.10 Å². The van der Waals surface area contributed by atoms with Crippen LogP contribution in [-0.4, -0.2) is 32.1 Å². The van der Waals surface area contributed by atoms with E-state index in [1.807, 2.05) is 42.5 Å². The Balaban J connectivity index is 1.86. The summed E-state index contributed by atoms with van der Waals surface area (Å²) in [5.74, 6) is 0. The Morgan fingerprint density at radius 3 is 2.64 bits per heavy atom. The van der Waals surface area contributed by atoms with E-state index >= 15 is 0 Å². The van der Waals surface area contributed by atoms with Crippen molar-refractivity contribution in [3.63, 3.8) is 0 Å². The Morgan fingerprint density at radius 2 is 1.96 bits per heavy atom. The Morgan fingerprint density at radius 1 is 1.21 bits per heavy atom. The molecule has 0 aliphatic carbocycles. The zero-order valence-corrected chi connectivity index (χ0v) is 16.1. The van der Waals surface area contributed by atoms with Crippen molar-refractivity contribution in [3.05, 3.63) is 81.7 Å². The zero-order valence-electron chi connectivity index (χ0n) is 14.5. The standard InChI is InChI=1S/C19H16BrFN4O3/c20-16-6-4-14(5-7-16)15-2-1-3-17(8-15)24-12-23-25(19(24)28)11-13(9-21)10-22-18(26)27/h1-9,12,22H,10-11H2,(H,26,27)/b13-9+. The van der Waals surface area contributed by atoms with Crippen molar-refractivity contribution in [3.8, 4) is 16.8 Å². The Bertz CT molecular complexity index is 1070. The average molecular weight is 447 g/mol. The molecule has 0 unspecified atom stereocenters. The SMILES string of the molecule is O=C(O)NC/C(=C\F)Cn1ncn(-c2cccc(-c3ccc(Br)cc3)c2)c1=O. The molecule has 0 aliphatic heterocycles. The van der Waals surface area contributed by atoms with Crippen molar-refractivity contribution < 1.29 is 14.3 Å². The number of amides is 1. The van der Waals surface area contributed by atoms with E-state index < -0.39 is 11.8 Å². The lowest BCUT2D eigenvalue weighted by Crippen LogP contribution is -2.29. The molecule has 0 atom stereocenters. The molecule has 0 radical (unpaired) electrons. The molecule has 3 aromatic rings. The Hall–Kier alpha value is -3.20. The predicted molar refractivity (Wildman–Crippen MR) is 106 cm³/mol. The fourth-order valence-electron chi connectivity index (χ4n) is 2.61. The van der Waals surface area contributed by atoms with Gasteiger partial charge in [0.15, 0.2) is 0 Å². The molecule has 144 valence electrons. The minimum atomic E-state index is -1.28.